The van der Waals surface area contributed by atoms with Gasteiger partial charge in [0.25, 0.3) is 0 Å². The van der Waals surface area contributed by atoms with Gasteiger partial charge >= 0.3 is 0 Å². The van der Waals surface area contributed by atoms with Gasteiger partial charge in [0.15, 0.2) is 0 Å². The quantitative estimate of drug-likeness (QED) is 0.143. The van der Waals surface area contributed by atoms with Gasteiger partial charge in [-0.1, -0.05) is 121 Å². The first-order valence-electron chi connectivity index (χ1n) is 16.9. The molecule has 50 heavy (non-hydrogen) atoms. The lowest BCUT2D eigenvalue weighted by molar-refractivity contribution is 1.13. The second-order valence-corrected chi connectivity index (χ2v) is 12.8. The van der Waals surface area contributed by atoms with Crippen LogP contribution in [0, 0.1) is 0 Å². The van der Waals surface area contributed by atoms with Crippen molar-refractivity contribution in [1.82, 2.24) is 9.13 Å². The third kappa shape index (κ3) is 5.81. The minimum absolute atomic E-state index is 0.705. The van der Waals surface area contributed by atoms with Gasteiger partial charge in [0.2, 0.25) is 0 Å². The zero-order valence-electron chi connectivity index (χ0n) is 27.8. The normalized spacial score (nSPS) is 11.9. The molecule has 0 atom stereocenters. The predicted octanol–water partition coefficient (Wildman–Crippen LogP) is 13.5. The van der Waals surface area contributed by atoms with Crippen LogP contribution in [0.4, 0.5) is 0 Å². The minimum Gasteiger partial charge on any atom is -0.309 e. The van der Waals surface area contributed by atoms with E-state index in [1.807, 2.05) is 13.0 Å². The fourth-order valence-corrected chi connectivity index (χ4v) is 7.22. The van der Waals surface area contributed by atoms with Crippen LogP contribution in [-0.4, -0.2) is 9.13 Å². The van der Waals surface area contributed by atoms with Gasteiger partial charge in [0.1, 0.15) is 0 Å². The number of halogens is 1. The van der Waals surface area contributed by atoms with E-state index in [0.717, 1.165) is 67.0 Å². The zero-order chi connectivity index (χ0) is 34.0. The Bertz CT molecular complexity index is 2550. The highest BCUT2D eigenvalue weighted by Gasteiger charge is 2.16. The second kappa shape index (κ2) is 13.4. The van der Waals surface area contributed by atoms with Crippen LogP contribution in [0.1, 0.15) is 6.92 Å². The number of aromatic nitrogens is 2. The molecular formula is C47H35ClN2. The molecule has 2 aromatic heterocycles. The van der Waals surface area contributed by atoms with Crippen LogP contribution < -0.4 is 0 Å². The van der Waals surface area contributed by atoms with Crippen molar-refractivity contribution in [1.29, 1.82) is 0 Å². The Balaban J connectivity index is 1.24. The molecule has 0 N–H and O–H groups in total. The molecule has 0 radical (unpaired) electrons. The molecule has 0 bridgehead atoms. The van der Waals surface area contributed by atoms with Crippen molar-refractivity contribution in [3.8, 4) is 50.5 Å². The summed E-state index contributed by atoms with van der Waals surface area (Å²) in [7, 11) is 0. The maximum absolute atomic E-state index is 6.86. The van der Waals surface area contributed by atoms with Crippen molar-refractivity contribution in [3.63, 3.8) is 0 Å². The summed E-state index contributed by atoms with van der Waals surface area (Å²) in [5.74, 6) is 0. The summed E-state index contributed by atoms with van der Waals surface area (Å²) in [5, 5.41) is 3.03. The topological polar surface area (TPSA) is 9.86 Å². The SMILES string of the molecule is C=C/C=C(\C=C/C)n1c(-c2ccccc2)cc2cc(-c3cc(Cl)cc(-c4ccc5c(c4)cc(-c4ccccc4)n5-c4ccccc4)c3)ccc21. The summed E-state index contributed by atoms with van der Waals surface area (Å²) in [5.41, 5.74) is 13.5. The highest BCUT2D eigenvalue weighted by atomic mass is 35.5. The van der Waals surface area contributed by atoms with Crippen molar-refractivity contribution in [3.05, 3.63) is 194 Å². The van der Waals surface area contributed by atoms with Gasteiger partial charge in [-0.15, -0.1) is 0 Å². The molecule has 0 aliphatic rings. The van der Waals surface area contributed by atoms with E-state index in [1.54, 1.807) is 0 Å². The first-order valence-corrected chi connectivity index (χ1v) is 17.2. The average Bonchev–Trinajstić information content (AvgIpc) is 3.74. The van der Waals surface area contributed by atoms with Gasteiger partial charge in [-0.2, -0.15) is 0 Å². The number of fused-ring (bicyclic) bond motifs is 2. The van der Waals surface area contributed by atoms with Crippen LogP contribution in [0.25, 0.3) is 78.0 Å². The maximum Gasteiger partial charge on any atom is 0.0540 e. The van der Waals surface area contributed by atoms with Crippen molar-refractivity contribution in [2.45, 2.75) is 6.92 Å². The van der Waals surface area contributed by atoms with E-state index in [9.17, 15) is 0 Å². The number of hydrogen-bond acceptors (Lipinski definition) is 0. The number of para-hydroxylation sites is 1. The van der Waals surface area contributed by atoms with Gasteiger partial charge in [0, 0.05) is 27.2 Å². The van der Waals surface area contributed by atoms with Gasteiger partial charge < -0.3 is 9.13 Å². The largest absolute Gasteiger partial charge is 0.309 e. The fraction of sp³-hybridized carbons (Fsp3) is 0.0213. The van der Waals surface area contributed by atoms with E-state index in [-0.39, 0.29) is 0 Å². The predicted molar refractivity (Wildman–Crippen MR) is 215 cm³/mol. The van der Waals surface area contributed by atoms with Crippen LogP contribution in [-0.2, 0) is 0 Å². The second-order valence-electron chi connectivity index (χ2n) is 12.4. The molecule has 2 heterocycles. The smallest absolute Gasteiger partial charge is 0.0540 e. The number of benzene rings is 6. The number of nitrogens with zero attached hydrogens (tertiary/aromatic N) is 2. The molecule has 0 spiro atoms. The fourth-order valence-electron chi connectivity index (χ4n) is 6.99. The van der Waals surface area contributed by atoms with Crippen LogP contribution >= 0.6 is 11.6 Å². The van der Waals surface area contributed by atoms with Crippen LogP contribution in [0.2, 0.25) is 5.02 Å². The minimum atomic E-state index is 0.705. The Morgan fingerprint density at radius 1 is 0.540 bits per heavy atom. The Kier molecular flexibility index (Phi) is 8.38. The Labute approximate surface area is 298 Å². The molecule has 8 rings (SSSR count). The first-order chi connectivity index (χ1) is 24.6. The molecule has 3 heteroatoms. The summed E-state index contributed by atoms with van der Waals surface area (Å²) in [6.07, 6.45) is 8.08. The molecule has 0 aliphatic carbocycles. The van der Waals surface area contributed by atoms with Crippen LogP contribution in [0.3, 0.4) is 0 Å². The Hall–Kier alpha value is -6.09. The summed E-state index contributed by atoms with van der Waals surface area (Å²) in [4.78, 5) is 0. The molecule has 0 saturated heterocycles. The molecule has 240 valence electrons. The highest BCUT2D eigenvalue weighted by Crippen LogP contribution is 2.38. The van der Waals surface area contributed by atoms with Crippen molar-refractivity contribution in [2.75, 3.05) is 0 Å². The van der Waals surface area contributed by atoms with E-state index in [4.69, 9.17) is 11.6 Å². The van der Waals surface area contributed by atoms with Gasteiger partial charge in [0.05, 0.1) is 22.4 Å². The third-order valence-corrected chi connectivity index (χ3v) is 9.42. The van der Waals surface area contributed by atoms with Gasteiger partial charge in [-0.3, -0.25) is 0 Å². The summed E-state index contributed by atoms with van der Waals surface area (Å²) in [6.45, 7) is 6.02. The number of rotatable bonds is 8. The van der Waals surface area contributed by atoms with Crippen LogP contribution in [0.5, 0.6) is 0 Å². The Morgan fingerprint density at radius 3 is 1.68 bits per heavy atom. The zero-order valence-corrected chi connectivity index (χ0v) is 28.6. The van der Waals surface area contributed by atoms with E-state index < -0.39 is 0 Å². The highest BCUT2D eigenvalue weighted by molar-refractivity contribution is 6.31. The van der Waals surface area contributed by atoms with Crippen molar-refractivity contribution in [2.24, 2.45) is 0 Å². The molecule has 0 fully saturated rings. The average molecular weight is 663 g/mol. The molecular weight excluding hydrogens is 628 g/mol. The maximum atomic E-state index is 6.86. The molecule has 0 amide bonds. The van der Waals surface area contributed by atoms with Crippen LogP contribution in [0.15, 0.2) is 189 Å². The number of hydrogen-bond donors (Lipinski definition) is 0. The van der Waals surface area contributed by atoms with E-state index in [2.05, 4.69) is 192 Å². The third-order valence-electron chi connectivity index (χ3n) is 9.21. The van der Waals surface area contributed by atoms with E-state index >= 15 is 0 Å². The monoisotopic (exact) mass is 662 g/mol. The van der Waals surface area contributed by atoms with Crippen molar-refractivity contribution >= 4 is 39.1 Å². The first kappa shape index (κ1) is 31.2. The Morgan fingerprint density at radius 2 is 1.08 bits per heavy atom. The lowest BCUT2D eigenvalue weighted by atomic mass is 9.97. The molecule has 0 saturated carbocycles. The van der Waals surface area contributed by atoms with Gasteiger partial charge in [-0.05, 0) is 119 Å². The molecule has 8 aromatic rings. The lowest BCUT2D eigenvalue weighted by Gasteiger charge is -2.13. The molecule has 0 unspecified atom stereocenters. The molecule has 6 aromatic carbocycles. The lowest BCUT2D eigenvalue weighted by Crippen LogP contribution is -1.97. The molecule has 0 aliphatic heterocycles. The molecule has 2 nitrogen and oxygen atoms in total. The van der Waals surface area contributed by atoms with E-state index in [0.29, 0.717) is 5.02 Å². The number of allylic oxidation sites excluding steroid dienone is 5. The summed E-state index contributed by atoms with van der Waals surface area (Å²) >= 11 is 6.86. The summed E-state index contributed by atoms with van der Waals surface area (Å²) in [6, 6.07) is 56.0. The van der Waals surface area contributed by atoms with E-state index in [1.165, 1.54) is 10.9 Å². The van der Waals surface area contributed by atoms with Gasteiger partial charge in [-0.25, -0.2) is 0 Å². The van der Waals surface area contributed by atoms with Crippen molar-refractivity contribution < 1.29 is 0 Å². The standard InChI is InChI=1S/C47H35ClN2/c1-3-14-42(15-4-2)49-44-24-22-35(26-39(44)31-46(49)33-16-8-5-9-17-33)37-28-38(30-41(48)29-37)36-23-25-45-40(27-36)32-47(34-18-10-6-11-19-34)50(45)43-20-12-7-13-21-43/h3-32H,1H2,2H3/b15-4-,42-14+. The summed E-state index contributed by atoms with van der Waals surface area (Å²) < 4.78 is 4.65.